The zero-order valence-corrected chi connectivity index (χ0v) is 10.2. The lowest BCUT2D eigenvalue weighted by Gasteiger charge is -2.16. The summed E-state index contributed by atoms with van der Waals surface area (Å²) in [6, 6.07) is 7.52. The molecule has 0 amide bonds. The van der Waals surface area contributed by atoms with E-state index >= 15 is 0 Å². The van der Waals surface area contributed by atoms with Crippen LogP contribution >= 0.6 is 0 Å². The van der Waals surface area contributed by atoms with Gasteiger partial charge in [-0.1, -0.05) is 6.07 Å². The van der Waals surface area contributed by atoms with Crippen molar-refractivity contribution in [2.45, 2.75) is 13.0 Å². The lowest BCUT2D eigenvalue weighted by molar-refractivity contribution is -0.141. The fourth-order valence-electron chi connectivity index (χ4n) is 1.36. The van der Waals surface area contributed by atoms with E-state index in [9.17, 15) is 4.79 Å². The Hall–Kier alpha value is -1.71. The highest BCUT2D eigenvalue weighted by atomic mass is 16.5. The molecule has 0 spiro atoms. The molecule has 0 radical (unpaired) electrons. The van der Waals surface area contributed by atoms with Crippen molar-refractivity contribution in [1.82, 2.24) is 0 Å². The molecule has 4 heteroatoms. The van der Waals surface area contributed by atoms with Gasteiger partial charge in [-0.15, -0.1) is 0 Å². The molecule has 0 fully saturated rings. The summed E-state index contributed by atoms with van der Waals surface area (Å²) in [6.45, 7) is 1.77. The molecule has 0 saturated heterocycles. The number of methoxy groups -OCH3 is 1. The molecule has 0 aliphatic carbocycles. The average molecular weight is 222 g/mol. The maximum atomic E-state index is 11.2. The van der Waals surface area contributed by atoms with Crippen molar-refractivity contribution < 1.29 is 9.53 Å². The highest BCUT2D eigenvalue weighted by Gasteiger charge is 2.12. The van der Waals surface area contributed by atoms with E-state index in [-0.39, 0.29) is 12.0 Å². The van der Waals surface area contributed by atoms with Gasteiger partial charge in [0.05, 0.1) is 7.11 Å². The smallest absolute Gasteiger partial charge is 0.327 e. The SMILES string of the molecule is COC(=O)C(C)Nc1cccc(N(C)C)c1. The van der Waals surface area contributed by atoms with Crippen LogP contribution in [-0.4, -0.2) is 33.2 Å². The second kappa shape index (κ2) is 5.39. The fraction of sp³-hybridized carbons (Fsp3) is 0.417. The molecule has 1 rings (SSSR count). The number of carbonyl (C=O) groups excluding carboxylic acids is 1. The van der Waals surface area contributed by atoms with E-state index in [1.165, 1.54) is 7.11 Å². The normalized spacial score (nSPS) is 11.8. The molecular formula is C12H18N2O2. The van der Waals surface area contributed by atoms with Gasteiger partial charge in [0.15, 0.2) is 0 Å². The van der Waals surface area contributed by atoms with Crippen LogP contribution in [-0.2, 0) is 9.53 Å². The Morgan fingerprint density at radius 2 is 2.12 bits per heavy atom. The van der Waals surface area contributed by atoms with Gasteiger partial charge in [-0.05, 0) is 25.1 Å². The van der Waals surface area contributed by atoms with Crippen LogP contribution < -0.4 is 10.2 Å². The number of hydrogen-bond donors (Lipinski definition) is 1. The predicted octanol–water partition coefficient (Wildman–Crippen LogP) is 1.73. The van der Waals surface area contributed by atoms with Crippen molar-refractivity contribution in [1.29, 1.82) is 0 Å². The molecule has 0 aliphatic rings. The zero-order valence-electron chi connectivity index (χ0n) is 10.2. The minimum atomic E-state index is -0.345. The largest absolute Gasteiger partial charge is 0.467 e. The van der Waals surface area contributed by atoms with E-state index < -0.39 is 0 Å². The molecule has 0 aromatic heterocycles. The van der Waals surface area contributed by atoms with Crippen LogP contribution in [0.2, 0.25) is 0 Å². The number of anilines is 2. The number of rotatable bonds is 4. The van der Waals surface area contributed by atoms with Crippen molar-refractivity contribution in [2.24, 2.45) is 0 Å². The highest BCUT2D eigenvalue weighted by molar-refractivity contribution is 5.79. The van der Waals surface area contributed by atoms with Crippen molar-refractivity contribution in [3.8, 4) is 0 Å². The first-order valence-electron chi connectivity index (χ1n) is 5.16. The Morgan fingerprint density at radius 3 is 2.69 bits per heavy atom. The number of hydrogen-bond acceptors (Lipinski definition) is 4. The summed E-state index contributed by atoms with van der Waals surface area (Å²) in [4.78, 5) is 13.2. The average Bonchev–Trinajstić information content (AvgIpc) is 2.28. The minimum Gasteiger partial charge on any atom is -0.467 e. The van der Waals surface area contributed by atoms with Crippen LogP contribution in [0.15, 0.2) is 24.3 Å². The van der Waals surface area contributed by atoms with Gasteiger partial charge in [0.1, 0.15) is 6.04 Å². The first-order chi connectivity index (χ1) is 7.54. The third kappa shape index (κ3) is 3.15. The molecule has 0 heterocycles. The second-order valence-corrected chi connectivity index (χ2v) is 3.83. The maximum Gasteiger partial charge on any atom is 0.327 e. The summed E-state index contributed by atoms with van der Waals surface area (Å²) in [5, 5.41) is 3.09. The Kier molecular flexibility index (Phi) is 4.17. The number of esters is 1. The van der Waals surface area contributed by atoms with Gasteiger partial charge in [-0.2, -0.15) is 0 Å². The highest BCUT2D eigenvalue weighted by Crippen LogP contribution is 2.17. The maximum absolute atomic E-state index is 11.2. The molecule has 1 N–H and O–H groups in total. The zero-order chi connectivity index (χ0) is 12.1. The van der Waals surface area contributed by atoms with Crippen molar-refractivity contribution >= 4 is 17.3 Å². The molecular weight excluding hydrogens is 204 g/mol. The molecule has 0 bridgehead atoms. The van der Waals surface area contributed by atoms with E-state index in [4.69, 9.17) is 0 Å². The van der Waals surface area contributed by atoms with Gasteiger partial charge in [0.2, 0.25) is 0 Å². The molecule has 4 nitrogen and oxygen atoms in total. The van der Waals surface area contributed by atoms with Crippen LogP contribution in [0.4, 0.5) is 11.4 Å². The standard InChI is InChI=1S/C12H18N2O2/c1-9(12(15)16-4)13-10-6-5-7-11(8-10)14(2)3/h5-9,13H,1-4H3. The summed E-state index contributed by atoms with van der Waals surface area (Å²) < 4.78 is 4.65. The van der Waals surface area contributed by atoms with Crippen LogP contribution in [0.5, 0.6) is 0 Å². The minimum absolute atomic E-state index is 0.268. The summed E-state index contributed by atoms with van der Waals surface area (Å²) in [7, 11) is 5.34. The van der Waals surface area contributed by atoms with Crippen molar-refractivity contribution in [3.63, 3.8) is 0 Å². The van der Waals surface area contributed by atoms with Gasteiger partial charge >= 0.3 is 5.97 Å². The number of ether oxygens (including phenoxy) is 1. The lowest BCUT2D eigenvalue weighted by atomic mass is 10.2. The van der Waals surface area contributed by atoms with Gasteiger partial charge in [0, 0.05) is 25.5 Å². The summed E-state index contributed by atoms with van der Waals surface area (Å²) >= 11 is 0. The second-order valence-electron chi connectivity index (χ2n) is 3.83. The Balaban J connectivity index is 2.74. The van der Waals surface area contributed by atoms with Crippen molar-refractivity contribution in [2.75, 3.05) is 31.4 Å². The summed E-state index contributed by atoms with van der Waals surface area (Å²) in [5.41, 5.74) is 1.99. The Bertz CT molecular complexity index is 364. The molecule has 88 valence electrons. The van der Waals surface area contributed by atoms with Crippen LogP contribution in [0.25, 0.3) is 0 Å². The first kappa shape index (κ1) is 12.4. The summed E-state index contributed by atoms with van der Waals surface area (Å²) in [6.07, 6.45) is 0. The van der Waals surface area contributed by atoms with Crippen LogP contribution in [0, 0.1) is 0 Å². The quantitative estimate of drug-likeness (QED) is 0.788. The molecule has 0 saturated carbocycles. The molecule has 1 atom stereocenters. The van der Waals surface area contributed by atoms with E-state index in [0.29, 0.717) is 0 Å². The van der Waals surface area contributed by atoms with Gasteiger partial charge in [-0.3, -0.25) is 0 Å². The third-order valence-electron chi connectivity index (χ3n) is 2.30. The van der Waals surface area contributed by atoms with Crippen molar-refractivity contribution in [3.05, 3.63) is 24.3 Å². The number of carbonyl (C=O) groups is 1. The topological polar surface area (TPSA) is 41.6 Å². The van der Waals surface area contributed by atoms with E-state index in [0.717, 1.165) is 11.4 Å². The molecule has 1 aromatic carbocycles. The van der Waals surface area contributed by atoms with Crippen LogP contribution in [0.3, 0.4) is 0 Å². The molecule has 0 aliphatic heterocycles. The van der Waals surface area contributed by atoms with E-state index in [1.54, 1.807) is 6.92 Å². The van der Waals surface area contributed by atoms with E-state index in [2.05, 4.69) is 10.1 Å². The number of benzene rings is 1. The first-order valence-corrected chi connectivity index (χ1v) is 5.16. The Labute approximate surface area is 96.2 Å². The fourth-order valence-corrected chi connectivity index (χ4v) is 1.36. The van der Waals surface area contributed by atoms with Gasteiger partial charge < -0.3 is 15.0 Å². The monoisotopic (exact) mass is 222 g/mol. The third-order valence-corrected chi connectivity index (χ3v) is 2.30. The van der Waals surface area contributed by atoms with E-state index in [1.807, 2.05) is 43.3 Å². The molecule has 1 aromatic rings. The molecule has 16 heavy (non-hydrogen) atoms. The predicted molar refractivity (Wildman–Crippen MR) is 65.9 cm³/mol. The van der Waals surface area contributed by atoms with Gasteiger partial charge in [-0.25, -0.2) is 4.79 Å². The number of nitrogens with one attached hydrogen (secondary N) is 1. The number of nitrogens with zero attached hydrogens (tertiary/aromatic N) is 1. The van der Waals surface area contributed by atoms with Gasteiger partial charge in [0.25, 0.3) is 0 Å². The van der Waals surface area contributed by atoms with Crippen LogP contribution in [0.1, 0.15) is 6.92 Å². The summed E-state index contributed by atoms with van der Waals surface area (Å²) in [5.74, 6) is -0.268. The lowest BCUT2D eigenvalue weighted by Crippen LogP contribution is -2.27. The Morgan fingerprint density at radius 1 is 1.44 bits per heavy atom. The molecule has 1 unspecified atom stereocenters.